The van der Waals surface area contributed by atoms with E-state index in [9.17, 15) is 13.2 Å². The number of benzene rings is 1. The van der Waals surface area contributed by atoms with Crippen LogP contribution >= 0.6 is 0 Å². The van der Waals surface area contributed by atoms with Gasteiger partial charge in [-0.2, -0.15) is 4.31 Å². The number of rotatable bonds is 3. The van der Waals surface area contributed by atoms with Crippen LogP contribution in [-0.4, -0.2) is 56.0 Å². The number of piperazine rings is 1. The van der Waals surface area contributed by atoms with E-state index in [0.29, 0.717) is 38.5 Å². The summed E-state index contributed by atoms with van der Waals surface area (Å²) >= 11 is 0. The molecule has 0 saturated carbocycles. The lowest BCUT2D eigenvalue weighted by atomic mass is 9.81. The lowest BCUT2D eigenvalue weighted by Gasteiger charge is -2.34. The molecule has 0 N–H and O–H groups in total. The zero-order valence-electron chi connectivity index (χ0n) is 13.6. The topological polar surface area (TPSA) is 57.7 Å². The minimum Gasteiger partial charge on any atom is -0.340 e. The van der Waals surface area contributed by atoms with Gasteiger partial charge in [0, 0.05) is 32.6 Å². The molecule has 0 aromatic heterocycles. The maximum Gasteiger partial charge on any atom is 0.223 e. The van der Waals surface area contributed by atoms with E-state index in [2.05, 4.69) is 18.2 Å². The fourth-order valence-corrected chi connectivity index (χ4v) is 4.50. The fourth-order valence-electron chi connectivity index (χ4n) is 3.68. The number of nitrogens with zero attached hydrogens (tertiary/aromatic N) is 2. The second-order valence-electron chi connectivity index (χ2n) is 6.53. The summed E-state index contributed by atoms with van der Waals surface area (Å²) < 4.78 is 24.5. The summed E-state index contributed by atoms with van der Waals surface area (Å²) in [4.78, 5) is 14.4. The monoisotopic (exact) mass is 336 g/mol. The first-order valence-corrected chi connectivity index (χ1v) is 10.1. The summed E-state index contributed by atoms with van der Waals surface area (Å²) in [6.45, 7) is 1.82. The van der Waals surface area contributed by atoms with Gasteiger partial charge in [-0.1, -0.05) is 24.3 Å². The van der Waals surface area contributed by atoms with E-state index in [1.807, 2.05) is 11.0 Å². The third kappa shape index (κ3) is 3.75. The predicted molar refractivity (Wildman–Crippen MR) is 89.7 cm³/mol. The molecule has 5 nitrogen and oxygen atoms in total. The highest BCUT2D eigenvalue weighted by atomic mass is 32.2. The number of amides is 1. The molecule has 3 rings (SSSR count). The van der Waals surface area contributed by atoms with Crippen molar-refractivity contribution in [3.8, 4) is 0 Å². The van der Waals surface area contributed by atoms with Crippen molar-refractivity contribution in [1.82, 2.24) is 9.21 Å². The zero-order valence-corrected chi connectivity index (χ0v) is 14.4. The summed E-state index contributed by atoms with van der Waals surface area (Å²) in [5.74, 6) is 0.459. The van der Waals surface area contributed by atoms with E-state index >= 15 is 0 Å². The van der Waals surface area contributed by atoms with E-state index in [1.165, 1.54) is 21.7 Å². The zero-order chi connectivity index (χ0) is 16.4. The molecule has 1 aliphatic heterocycles. The third-order valence-electron chi connectivity index (χ3n) is 4.98. The van der Waals surface area contributed by atoms with Gasteiger partial charge in [-0.25, -0.2) is 8.42 Å². The average molecular weight is 336 g/mol. The van der Waals surface area contributed by atoms with Crippen molar-refractivity contribution in [3.63, 3.8) is 0 Å². The van der Waals surface area contributed by atoms with Crippen LogP contribution in [0.1, 0.15) is 36.3 Å². The molecular weight excluding hydrogens is 312 g/mol. The van der Waals surface area contributed by atoms with E-state index in [-0.39, 0.29) is 5.91 Å². The Labute approximate surface area is 138 Å². The smallest absolute Gasteiger partial charge is 0.223 e. The molecule has 1 atom stereocenters. The minimum absolute atomic E-state index is 0.153. The minimum atomic E-state index is -3.15. The van der Waals surface area contributed by atoms with E-state index in [0.717, 1.165) is 19.3 Å². The first-order valence-electron chi connectivity index (χ1n) is 8.26. The molecule has 0 spiro atoms. The van der Waals surface area contributed by atoms with Crippen molar-refractivity contribution < 1.29 is 13.2 Å². The number of carbonyl (C=O) groups excluding carboxylic acids is 1. The maximum atomic E-state index is 12.6. The molecule has 1 amide bonds. The molecule has 1 heterocycles. The SMILES string of the molecule is CS(=O)(=O)N1CCN(C(=O)CC2CCCc3ccccc32)CC1. The number of hydrogen-bond donors (Lipinski definition) is 0. The van der Waals surface area contributed by atoms with Gasteiger partial charge in [0.15, 0.2) is 0 Å². The summed E-state index contributed by atoms with van der Waals surface area (Å²) in [7, 11) is -3.15. The molecule has 0 radical (unpaired) electrons. The molecule has 2 aliphatic rings. The van der Waals surface area contributed by atoms with E-state index < -0.39 is 10.0 Å². The van der Waals surface area contributed by atoms with Crippen LogP contribution in [-0.2, 0) is 21.2 Å². The number of aryl methyl sites for hydroxylation is 1. The van der Waals surface area contributed by atoms with Crippen LogP contribution in [0.5, 0.6) is 0 Å². The summed E-state index contributed by atoms with van der Waals surface area (Å²) in [5, 5.41) is 0. The Morgan fingerprint density at radius 2 is 1.87 bits per heavy atom. The lowest BCUT2D eigenvalue weighted by Crippen LogP contribution is -2.50. The number of fused-ring (bicyclic) bond motifs is 1. The second kappa shape index (κ2) is 6.61. The molecule has 1 aliphatic carbocycles. The number of sulfonamides is 1. The van der Waals surface area contributed by atoms with Gasteiger partial charge in [0.1, 0.15) is 0 Å². The Balaban J connectivity index is 1.61. The molecule has 1 fully saturated rings. The fraction of sp³-hybridized carbons (Fsp3) is 0.588. The maximum absolute atomic E-state index is 12.6. The molecule has 1 aromatic rings. The van der Waals surface area contributed by atoms with Gasteiger partial charge >= 0.3 is 0 Å². The highest BCUT2D eigenvalue weighted by Gasteiger charge is 2.29. The second-order valence-corrected chi connectivity index (χ2v) is 8.52. The molecule has 23 heavy (non-hydrogen) atoms. The highest BCUT2D eigenvalue weighted by molar-refractivity contribution is 7.88. The van der Waals surface area contributed by atoms with E-state index in [1.54, 1.807) is 0 Å². The Morgan fingerprint density at radius 1 is 1.17 bits per heavy atom. The summed E-state index contributed by atoms with van der Waals surface area (Å²) in [6, 6.07) is 8.42. The number of carbonyl (C=O) groups is 1. The lowest BCUT2D eigenvalue weighted by molar-refractivity contribution is -0.132. The Hall–Kier alpha value is -1.40. The van der Waals surface area contributed by atoms with Gasteiger partial charge in [0.25, 0.3) is 0 Å². The van der Waals surface area contributed by atoms with Crippen molar-refractivity contribution in [2.24, 2.45) is 0 Å². The Morgan fingerprint density at radius 3 is 2.57 bits per heavy atom. The van der Waals surface area contributed by atoms with Crippen molar-refractivity contribution in [2.75, 3.05) is 32.4 Å². The standard InChI is InChI=1S/C17H24N2O3S/c1-23(21,22)19-11-9-18(10-12-19)17(20)13-15-7-4-6-14-5-2-3-8-16(14)15/h2-3,5,8,15H,4,6-7,9-13H2,1H3. The van der Waals surface area contributed by atoms with E-state index in [4.69, 9.17) is 0 Å². The summed E-state index contributed by atoms with van der Waals surface area (Å²) in [6.07, 6.45) is 5.07. The molecule has 1 unspecified atom stereocenters. The molecule has 1 saturated heterocycles. The van der Waals surface area contributed by atoms with Crippen LogP contribution < -0.4 is 0 Å². The molecule has 1 aromatic carbocycles. The summed E-state index contributed by atoms with van der Waals surface area (Å²) in [5.41, 5.74) is 2.69. The van der Waals surface area contributed by atoms with Gasteiger partial charge in [0.2, 0.25) is 15.9 Å². The largest absolute Gasteiger partial charge is 0.340 e. The first-order chi connectivity index (χ1) is 10.9. The Kier molecular flexibility index (Phi) is 4.73. The van der Waals surface area contributed by atoms with Crippen LogP contribution in [0.4, 0.5) is 0 Å². The molecular formula is C17H24N2O3S. The number of hydrogen-bond acceptors (Lipinski definition) is 3. The van der Waals surface area contributed by atoms with Crippen LogP contribution in [0.2, 0.25) is 0 Å². The van der Waals surface area contributed by atoms with Crippen molar-refractivity contribution >= 4 is 15.9 Å². The molecule has 126 valence electrons. The van der Waals surface area contributed by atoms with Crippen molar-refractivity contribution in [1.29, 1.82) is 0 Å². The quantitative estimate of drug-likeness (QED) is 0.842. The Bertz CT molecular complexity index is 679. The van der Waals surface area contributed by atoms with Gasteiger partial charge in [-0.15, -0.1) is 0 Å². The normalized spacial score (nSPS) is 22.7. The van der Waals surface area contributed by atoms with Gasteiger partial charge in [0.05, 0.1) is 6.26 Å². The van der Waals surface area contributed by atoms with Crippen molar-refractivity contribution in [2.45, 2.75) is 31.6 Å². The first kappa shape index (κ1) is 16.5. The van der Waals surface area contributed by atoms with Crippen molar-refractivity contribution in [3.05, 3.63) is 35.4 Å². The highest BCUT2D eigenvalue weighted by Crippen LogP contribution is 2.34. The molecule has 6 heteroatoms. The van der Waals surface area contributed by atoms with Crippen LogP contribution in [0.3, 0.4) is 0 Å². The van der Waals surface area contributed by atoms with Crippen LogP contribution in [0, 0.1) is 0 Å². The van der Waals surface area contributed by atoms with Gasteiger partial charge < -0.3 is 4.90 Å². The van der Waals surface area contributed by atoms with Crippen LogP contribution in [0.25, 0.3) is 0 Å². The average Bonchev–Trinajstić information content (AvgIpc) is 2.54. The third-order valence-corrected chi connectivity index (χ3v) is 6.28. The van der Waals surface area contributed by atoms with Gasteiger partial charge in [-0.3, -0.25) is 4.79 Å². The molecule has 0 bridgehead atoms. The van der Waals surface area contributed by atoms with Gasteiger partial charge in [-0.05, 0) is 36.3 Å². The predicted octanol–water partition coefficient (Wildman–Crippen LogP) is 1.60. The van der Waals surface area contributed by atoms with Crippen LogP contribution in [0.15, 0.2) is 24.3 Å².